The quantitative estimate of drug-likeness (QED) is 0.412. The van der Waals surface area contributed by atoms with Gasteiger partial charge in [0.15, 0.2) is 11.5 Å². The summed E-state index contributed by atoms with van der Waals surface area (Å²) < 4.78 is 18.4. The van der Waals surface area contributed by atoms with E-state index in [0.29, 0.717) is 69.3 Å². The van der Waals surface area contributed by atoms with Gasteiger partial charge in [0.05, 0.1) is 12.6 Å². The van der Waals surface area contributed by atoms with Crippen molar-refractivity contribution in [3.8, 4) is 17.4 Å². The molecule has 0 bridgehead atoms. The van der Waals surface area contributed by atoms with E-state index in [2.05, 4.69) is 20.2 Å². The molecule has 3 aromatic rings. The van der Waals surface area contributed by atoms with Crippen molar-refractivity contribution in [2.45, 2.75) is 38.8 Å². The normalized spacial score (nSPS) is 16.6. The molecule has 2 amide bonds. The minimum atomic E-state index is -0.355. The Morgan fingerprint density at radius 2 is 2.00 bits per heavy atom. The van der Waals surface area contributed by atoms with E-state index >= 15 is 0 Å². The smallest absolute Gasteiger partial charge is 0.409 e. The lowest BCUT2D eigenvalue weighted by Gasteiger charge is -2.41. The zero-order valence-electron chi connectivity index (χ0n) is 22.0. The molecule has 0 aliphatic carbocycles. The van der Waals surface area contributed by atoms with Crippen LogP contribution in [0.1, 0.15) is 31.7 Å². The van der Waals surface area contributed by atoms with Crippen LogP contribution in [0.4, 0.5) is 10.6 Å². The number of hydrogen-bond donors (Lipinski definition) is 1. The van der Waals surface area contributed by atoms with Gasteiger partial charge in [0.25, 0.3) is 0 Å². The van der Waals surface area contributed by atoms with E-state index in [1.165, 1.54) is 0 Å². The molecule has 1 fully saturated rings. The van der Waals surface area contributed by atoms with Gasteiger partial charge in [-0.15, -0.1) is 0 Å². The number of rotatable bonds is 9. The second-order valence-corrected chi connectivity index (χ2v) is 9.40. The Hall–Kier alpha value is -4.35. The topological polar surface area (TPSA) is 124 Å². The minimum absolute atomic E-state index is 0.134. The molecule has 5 rings (SSSR count). The Labute approximate surface area is 226 Å². The van der Waals surface area contributed by atoms with Crippen LogP contribution in [0, 0.1) is 0 Å². The molecule has 1 saturated heterocycles. The van der Waals surface area contributed by atoms with Crippen molar-refractivity contribution in [2.24, 2.45) is 0 Å². The molecule has 0 radical (unpaired) electrons. The van der Waals surface area contributed by atoms with Gasteiger partial charge in [0, 0.05) is 51.2 Å². The molecule has 1 atom stereocenters. The van der Waals surface area contributed by atoms with Gasteiger partial charge in [-0.1, -0.05) is 19.4 Å². The van der Waals surface area contributed by atoms with Crippen LogP contribution in [-0.4, -0.2) is 81.9 Å². The Balaban J connectivity index is 1.28. The second kappa shape index (κ2) is 12.5. The minimum Gasteiger partial charge on any atom is -0.486 e. The summed E-state index contributed by atoms with van der Waals surface area (Å²) in [5, 5.41) is 3.00. The van der Waals surface area contributed by atoms with Crippen LogP contribution in [0.15, 0.2) is 49.2 Å². The lowest BCUT2D eigenvalue weighted by atomic mass is 10.1. The van der Waals surface area contributed by atoms with Crippen molar-refractivity contribution in [2.75, 3.05) is 44.4 Å². The predicted molar refractivity (Wildman–Crippen MR) is 142 cm³/mol. The number of imidazole rings is 1. The highest BCUT2D eigenvalue weighted by Gasteiger charge is 2.33. The number of ether oxygens (including phenoxy) is 3. The summed E-state index contributed by atoms with van der Waals surface area (Å²) in [6, 6.07) is 7.16. The number of fused-ring (bicyclic) bond motifs is 1. The van der Waals surface area contributed by atoms with Crippen LogP contribution in [0.3, 0.4) is 0 Å². The van der Waals surface area contributed by atoms with Gasteiger partial charge in [-0.05, 0) is 30.2 Å². The SMILES string of the molecule is CCCCOC(=O)N1CCN(c2ccnc(-n3ccnc3)n2)C(CC(=O)NCc2ccc3c(c2)OCCO3)C1. The lowest BCUT2D eigenvalue weighted by molar-refractivity contribution is -0.121. The van der Waals surface area contributed by atoms with Gasteiger partial charge in [-0.2, -0.15) is 4.98 Å². The molecule has 12 nitrogen and oxygen atoms in total. The summed E-state index contributed by atoms with van der Waals surface area (Å²) in [5.41, 5.74) is 0.912. The molecular formula is C27H33N7O5. The summed E-state index contributed by atoms with van der Waals surface area (Å²) in [5.74, 6) is 2.41. The molecule has 206 valence electrons. The molecule has 2 aliphatic rings. The molecule has 0 saturated carbocycles. The van der Waals surface area contributed by atoms with Gasteiger partial charge in [-0.3, -0.25) is 9.36 Å². The van der Waals surface area contributed by atoms with E-state index in [0.717, 1.165) is 18.4 Å². The number of carbonyl (C=O) groups excluding carboxylic acids is 2. The number of aromatic nitrogens is 4. The van der Waals surface area contributed by atoms with Crippen LogP contribution in [0.25, 0.3) is 5.95 Å². The highest BCUT2D eigenvalue weighted by atomic mass is 16.6. The van der Waals surface area contributed by atoms with Crippen molar-refractivity contribution in [3.05, 3.63) is 54.7 Å². The standard InChI is InChI=1S/C27H33N7O5/c1-2-3-12-39-27(36)32-10-11-34(24-6-7-29-26(31-24)33-9-8-28-19-33)21(18-32)16-25(35)30-17-20-4-5-22-23(15-20)38-14-13-37-22/h4-9,15,19,21H,2-3,10-14,16-18H2,1H3,(H,30,35). The van der Waals surface area contributed by atoms with E-state index in [1.54, 1.807) is 34.4 Å². The molecule has 4 heterocycles. The second-order valence-electron chi connectivity index (χ2n) is 9.40. The molecule has 2 aromatic heterocycles. The molecule has 12 heteroatoms. The van der Waals surface area contributed by atoms with Crippen LogP contribution < -0.4 is 19.7 Å². The van der Waals surface area contributed by atoms with Gasteiger partial charge in [-0.25, -0.2) is 14.8 Å². The predicted octanol–water partition coefficient (Wildman–Crippen LogP) is 2.57. The Morgan fingerprint density at radius 1 is 1.13 bits per heavy atom. The molecule has 1 N–H and O–H groups in total. The zero-order chi connectivity index (χ0) is 27.0. The van der Waals surface area contributed by atoms with Crippen molar-refractivity contribution in [1.29, 1.82) is 0 Å². The highest BCUT2D eigenvalue weighted by molar-refractivity contribution is 5.77. The summed E-state index contributed by atoms with van der Waals surface area (Å²) in [6.07, 6.45) is 8.32. The van der Waals surface area contributed by atoms with E-state index in [9.17, 15) is 9.59 Å². The van der Waals surface area contributed by atoms with Crippen molar-refractivity contribution in [3.63, 3.8) is 0 Å². The first-order valence-corrected chi connectivity index (χ1v) is 13.3. The third kappa shape index (κ3) is 6.57. The molecule has 0 spiro atoms. The van der Waals surface area contributed by atoms with Crippen LogP contribution >= 0.6 is 0 Å². The maximum Gasteiger partial charge on any atom is 0.409 e. The van der Waals surface area contributed by atoms with Crippen molar-refractivity contribution >= 4 is 17.8 Å². The number of anilines is 1. The van der Waals surface area contributed by atoms with Crippen LogP contribution in [0.5, 0.6) is 11.5 Å². The third-order valence-corrected chi connectivity index (χ3v) is 6.64. The average molecular weight is 536 g/mol. The van der Waals surface area contributed by atoms with E-state index in [4.69, 9.17) is 19.2 Å². The number of nitrogens with zero attached hydrogens (tertiary/aromatic N) is 6. The fourth-order valence-corrected chi connectivity index (χ4v) is 4.58. The third-order valence-electron chi connectivity index (χ3n) is 6.64. The highest BCUT2D eigenvalue weighted by Crippen LogP contribution is 2.30. The Bertz CT molecular complexity index is 1270. The van der Waals surface area contributed by atoms with Gasteiger partial charge < -0.3 is 29.3 Å². The number of hydrogen-bond acceptors (Lipinski definition) is 9. The number of benzene rings is 1. The summed E-state index contributed by atoms with van der Waals surface area (Å²) >= 11 is 0. The fourth-order valence-electron chi connectivity index (χ4n) is 4.58. The van der Waals surface area contributed by atoms with Crippen molar-refractivity contribution in [1.82, 2.24) is 29.7 Å². The lowest BCUT2D eigenvalue weighted by Crippen LogP contribution is -2.56. The fraction of sp³-hybridized carbons (Fsp3) is 0.444. The maximum absolute atomic E-state index is 13.1. The van der Waals surface area contributed by atoms with E-state index in [-0.39, 0.29) is 24.5 Å². The van der Waals surface area contributed by atoms with Crippen LogP contribution in [0.2, 0.25) is 0 Å². The number of unbranched alkanes of at least 4 members (excludes halogenated alkanes) is 1. The van der Waals surface area contributed by atoms with Crippen molar-refractivity contribution < 1.29 is 23.8 Å². The molecular weight excluding hydrogens is 502 g/mol. The van der Waals surface area contributed by atoms with E-state index < -0.39 is 0 Å². The largest absolute Gasteiger partial charge is 0.486 e. The number of nitrogens with one attached hydrogen (secondary N) is 1. The Morgan fingerprint density at radius 3 is 2.82 bits per heavy atom. The van der Waals surface area contributed by atoms with Crippen LogP contribution in [-0.2, 0) is 16.1 Å². The van der Waals surface area contributed by atoms with Gasteiger partial charge in [0.1, 0.15) is 25.4 Å². The van der Waals surface area contributed by atoms with Gasteiger partial charge >= 0.3 is 6.09 Å². The summed E-state index contributed by atoms with van der Waals surface area (Å²) in [6.45, 7) is 5.12. The number of carbonyl (C=O) groups is 2. The molecule has 1 aromatic carbocycles. The summed E-state index contributed by atoms with van der Waals surface area (Å²) in [4.78, 5) is 42.7. The summed E-state index contributed by atoms with van der Waals surface area (Å²) in [7, 11) is 0. The average Bonchev–Trinajstić information content (AvgIpc) is 3.51. The first kappa shape index (κ1) is 26.3. The number of amides is 2. The molecule has 39 heavy (non-hydrogen) atoms. The number of piperazine rings is 1. The zero-order valence-corrected chi connectivity index (χ0v) is 22.0. The molecule has 2 aliphatic heterocycles. The Kier molecular flexibility index (Phi) is 8.39. The molecule has 1 unspecified atom stereocenters. The van der Waals surface area contributed by atoms with Gasteiger partial charge in [0.2, 0.25) is 11.9 Å². The maximum atomic E-state index is 13.1. The monoisotopic (exact) mass is 535 g/mol. The first-order valence-electron chi connectivity index (χ1n) is 13.3. The van der Waals surface area contributed by atoms with E-state index in [1.807, 2.05) is 31.2 Å². The first-order chi connectivity index (χ1) is 19.1.